The number of para-hydroxylation sites is 1. The molecule has 0 aliphatic carbocycles. The Bertz CT molecular complexity index is 674. The van der Waals surface area contributed by atoms with Crippen LogP contribution >= 0.6 is 0 Å². The van der Waals surface area contributed by atoms with Crippen LogP contribution in [-0.2, 0) is 17.5 Å². The molecule has 0 aliphatic rings. The van der Waals surface area contributed by atoms with Crippen LogP contribution in [0.2, 0.25) is 0 Å². The average Bonchev–Trinajstić information content (AvgIpc) is 2.33. The Morgan fingerprint density at radius 1 is 1.32 bits per heavy atom. The molecular formula is C13H12F3NO2. The topological polar surface area (TPSA) is 42.1 Å². The van der Waals surface area contributed by atoms with Gasteiger partial charge >= 0.3 is 6.18 Å². The number of benzene rings is 1. The molecule has 0 saturated carbocycles. The Kier molecular flexibility index (Phi) is 3.36. The van der Waals surface area contributed by atoms with E-state index in [2.05, 4.69) is 4.98 Å². The van der Waals surface area contributed by atoms with Crippen LogP contribution in [0.3, 0.4) is 0 Å². The molecule has 2 aromatic rings. The Morgan fingerprint density at radius 2 is 2.00 bits per heavy atom. The zero-order chi connectivity index (χ0) is 14.2. The summed E-state index contributed by atoms with van der Waals surface area (Å²) in [5, 5.41) is 0.236. The molecule has 0 unspecified atom stereocenters. The smallest absolute Gasteiger partial charge is 0.380 e. The van der Waals surface area contributed by atoms with Crippen molar-refractivity contribution in [1.82, 2.24) is 4.98 Å². The van der Waals surface area contributed by atoms with Crippen molar-refractivity contribution in [2.45, 2.75) is 19.7 Å². The minimum atomic E-state index is -4.59. The molecule has 19 heavy (non-hydrogen) atoms. The van der Waals surface area contributed by atoms with E-state index < -0.39 is 17.3 Å². The van der Waals surface area contributed by atoms with Crippen LogP contribution in [0, 0.1) is 6.92 Å². The van der Waals surface area contributed by atoms with Gasteiger partial charge in [0.2, 0.25) is 0 Å². The number of pyridine rings is 1. The minimum absolute atomic E-state index is 0.133. The Balaban J connectivity index is 2.86. The van der Waals surface area contributed by atoms with Gasteiger partial charge in [-0.25, -0.2) is 0 Å². The predicted octanol–water partition coefficient (Wildman–Crippen LogP) is 3.00. The summed E-state index contributed by atoms with van der Waals surface area (Å²) in [6, 6.07) is 4.75. The second kappa shape index (κ2) is 4.70. The Morgan fingerprint density at radius 3 is 2.58 bits per heavy atom. The van der Waals surface area contributed by atoms with E-state index in [-0.39, 0.29) is 23.1 Å². The molecule has 1 N–H and O–H groups in total. The highest BCUT2D eigenvalue weighted by molar-refractivity contribution is 5.82. The molecule has 2 rings (SSSR count). The number of rotatable bonds is 2. The lowest BCUT2D eigenvalue weighted by Crippen LogP contribution is -2.19. The minimum Gasteiger partial charge on any atom is -0.380 e. The number of halogens is 3. The largest absolute Gasteiger partial charge is 0.431 e. The molecule has 1 aromatic heterocycles. The number of aromatic nitrogens is 1. The fraction of sp³-hybridized carbons (Fsp3) is 0.308. The lowest BCUT2D eigenvalue weighted by Gasteiger charge is -2.13. The molecule has 0 spiro atoms. The molecule has 0 saturated heterocycles. The van der Waals surface area contributed by atoms with Gasteiger partial charge in [-0.1, -0.05) is 12.1 Å². The third-order valence-corrected chi connectivity index (χ3v) is 2.94. The fourth-order valence-electron chi connectivity index (χ4n) is 2.03. The summed E-state index contributed by atoms with van der Waals surface area (Å²) in [4.78, 5) is 14.3. The van der Waals surface area contributed by atoms with Gasteiger partial charge in [0.25, 0.3) is 0 Å². The van der Waals surface area contributed by atoms with Crippen molar-refractivity contribution in [2.24, 2.45) is 0 Å². The molecule has 0 radical (unpaired) electrons. The van der Waals surface area contributed by atoms with Crippen LogP contribution in [0.25, 0.3) is 10.9 Å². The van der Waals surface area contributed by atoms with Crippen LogP contribution < -0.4 is 5.43 Å². The number of aromatic amines is 1. The summed E-state index contributed by atoms with van der Waals surface area (Å²) in [7, 11) is 1.44. The average molecular weight is 271 g/mol. The van der Waals surface area contributed by atoms with Crippen molar-refractivity contribution in [3.8, 4) is 0 Å². The second-order valence-corrected chi connectivity index (χ2v) is 4.22. The van der Waals surface area contributed by atoms with E-state index in [0.29, 0.717) is 5.56 Å². The van der Waals surface area contributed by atoms with Crippen LogP contribution in [0.15, 0.2) is 23.0 Å². The van der Waals surface area contributed by atoms with Crippen LogP contribution in [0.1, 0.15) is 16.8 Å². The van der Waals surface area contributed by atoms with E-state index in [0.717, 1.165) is 0 Å². The molecule has 102 valence electrons. The van der Waals surface area contributed by atoms with E-state index in [1.54, 1.807) is 12.1 Å². The van der Waals surface area contributed by atoms with Gasteiger partial charge in [-0.3, -0.25) is 4.79 Å². The maximum absolute atomic E-state index is 12.9. The van der Waals surface area contributed by atoms with Crippen LogP contribution in [-0.4, -0.2) is 12.1 Å². The SMILES string of the molecule is COCc1cccc2c(=O)c(C)c(C(F)(F)F)[nH]c12. The highest BCUT2D eigenvalue weighted by Crippen LogP contribution is 2.30. The van der Waals surface area contributed by atoms with Gasteiger partial charge in [0, 0.05) is 23.6 Å². The van der Waals surface area contributed by atoms with Gasteiger partial charge in [0.15, 0.2) is 5.43 Å². The molecule has 3 nitrogen and oxygen atoms in total. The number of ether oxygens (including phenoxy) is 1. The number of H-pyrrole nitrogens is 1. The fourth-order valence-corrected chi connectivity index (χ4v) is 2.03. The zero-order valence-electron chi connectivity index (χ0n) is 10.4. The molecular weight excluding hydrogens is 259 g/mol. The second-order valence-electron chi connectivity index (χ2n) is 4.22. The van der Waals surface area contributed by atoms with Gasteiger partial charge in [-0.15, -0.1) is 0 Å². The van der Waals surface area contributed by atoms with Crippen molar-refractivity contribution in [2.75, 3.05) is 7.11 Å². The molecule has 0 atom stereocenters. The van der Waals surface area contributed by atoms with Gasteiger partial charge in [0.1, 0.15) is 5.69 Å². The normalized spacial score (nSPS) is 12.1. The van der Waals surface area contributed by atoms with E-state index in [4.69, 9.17) is 4.74 Å². The lowest BCUT2D eigenvalue weighted by atomic mass is 10.1. The van der Waals surface area contributed by atoms with Crippen LogP contribution in [0.5, 0.6) is 0 Å². The Hall–Kier alpha value is -1.82. The summed E-state index contributed by atoms with van der Waals surface area (Å²) in [6.45, 7) is 1.30. The predicted molar refractivity (Wildman–Crippen MR) is 65.0 cm³/mol. The zero-order valence-corrected chi connectivity index (χ0v) is 10.4. The summed E-state index contributed by atoms with van der Waals surface area (Å²) >= 11 is 0. The van der Waals surface area contributed by atoms with E-state index in [1.165, 1.54) is 20.1 Å². The first-order valence-corrected chi connectivity index (χ1v) is 5.57. The molecule has 6 heteroatoms. The van der Waals surface area contributed by atoms with E-state index in [1.807, 2.05) is 0 Å². The molecule has 1 aromatic carbocycles. The number of hydrogen-bond acceptors (Lipinski definition) is 2. The van der Waals surface area contributed by atoms with E-state index >= 15 is 0 Å². The third-order valence-electron chi connectivity index (χ3n) is 2.94. The van der Waals surface area contributed by atoms with Crippen molar-refractivity contribution in [1.29, 1.82) is 0 Å². The lowest BCUT2D eigenvalue weighted by molar-refractivity contribution is -0.141. The number of alkyl halides is 3. The molecule has 0 fully saturated rings. The first-order valence-electron chi connectivity index (χ1n) is 5.57. The third kappa shape index (κ3) is 2.35. The number of fused-ring (bicyclic) bond motifs is 1. The number of hydrogen-bond donors (Lipinski definition) is 1. The Labute approximate surface area is 107 Å². The maximum Gasteiger partial charge on any atom is 0.431 e. The van der Waals surface area contributed by atoms with E-state index in [9.17, 15) is 18.0 Å². The first kappa shape index (κ1) is 13.6. The van der Waals surface area contributed by atoms with Crippen LogP contribution in [0.4, 0.5) is 13.2 Å². The summed E-state index contributed by atoms with van der Waals surface area (Å²) in [5.74, 6) is 0. The van der Waals surface area contributed by atoms with Crippen molar-refractivity contribution < 1.29 is 17.9 Å². The van der Waals surface area contributed by atoms with Crippen molar-refractivity contribution >= 4 is 10.9 Å². The van der Waals surface area contributed by atoms with Crippen molar-refractivity contribution in [3.05, 3.63) is 45.2 Å². The molecule has 0 amide bonds. The first-order chi connectivity index (χ1) is 8.86. The summed E-state index contributed by atoms with van der Waals surface area (Å²) in [5.41, 5.74) is -1.25. The standard InChI is InChI=1S/C13H12F3NO2/c1-7-11(18)9-5-3-4-8(6-19-2)10(9)17-12(7)13(14,15)16/h3-5H,6H2,1-2H3,(H,17,18). The summed E-state index contributed by atoms with van der Waals surface area (Å²) < 4.78 is 43.5. The van der Waals surface area contributed by atoms with Gasteiger partial charge < -0.3 is 9.72 Å². The van der Waals surface area contributed by atoms with Gasteiger partial charge in [0.05, 0.1) is 12.1 Å². The highest BCUT2D eigenvalue weighted by atomic mass is 19.4. The van der Waals surface area contributed by atoms with Crippen molar-refractivity contribution in [3.63, 3.8) is 0 Å². The molecule has 0 aliphatic heterocycles. The highest BCUT2D eigenvalue weighted by Gasteiger charge is 2.35. The monoisotopic (exact) mass is 271 g/mol. The molecule has 1 heterocycles. The van der Waals surface area contributed by atoms with Gasteiger partial charge in [-0.05, 0) is 13.0 Å². The number of methoxy groups -OCH3 is 1. The summed E-state index contributed by atoms with van der Waals surface area (Å²) in [6.07, 6.45) is -4.59. The quantitative estimate of drug-likeness (QED) is 0.912. The molecule has 0 bridgehead atoms. The maximum atomic E-state index is 12.9. The van der Waals surface area contributed by atoms with Gasteiger partial charge in [-0.2, -0.15) is 13.2 Å². The number of nitrogens with one attached hydrogen (secondary N) is 1.